The summed E-state index contributed by atoms with van der Waals surface area (Å²) in [4.78, 5) is 16.4. The summed E-state index contributed by atoms with van der Waals surface area (Å²) in [5.41, 5.74) is 2.10. The van der Waals surface area contributed by atoms with Crippen LogP contribution in [0.3, 0.4) is 0 Å². The van der Waals surface area contributed by atoms with Gasteiger partial charge in [0, 0.05) is 36.9 Å². The Balaban J connectivity index is 1.52. The Labute approximate surface area is 162 Å². The molecular formula is C20H22BrN3O2. The number of anilines is 1. The van der Waals surface area contributed by atoms with Crippen molar-refractivity contribution in [2.75, 3.05) is 38.2 Å². The Morgan fingerprint density at radius 2 is 1.88 bits per heavy atom. The molecule has 26 heavy (non-hydrogen) atoms. The predicted octanol–water partition coefficient (Wildman–Crippen LogP) is 3.96. The lowest BCUT2D eigenvalue weighted by atomic mass is 10.2. The lowest BCUT2D eigenvalue weighted by Crippen LogP contribution is -2.51. The zero-order chi connectivity index (χ0) is 18.4. The first kappa shape index (κ1) is 18.3. The zero-order valence-corrected chi connectivity index (χ0v) is 16.3. The molecular weight excluding hydrogens is 394 g/mol. The fourth-order valence-electron chi connectivity index (χ4n) is 2.95. The summed E-state index contributed by atoms with van der Waals surface area (Å²) in [6.45, 7) is 2.91. The predicted molar refractivity (Wildman–Crippen MR) is 108 cm³/mol. The number of hydrogen-bond donors (Lipinski definition) is 1. The van der Waals surface area contributed by atoms with Crippen LogP contribution in [0, 0.1) is 0 Å². The Hall–Kier alpha value is -2.47. The summed E-state index contributed by atoms with van der Waals surface area (Å²) in [5, 5.41) is 2.85. The summed E-state index contributed by atoms with van der Waals surface area (Å²) in [6.07, 6.45) is 3.57. The summed E-state index contributed by atoms with van der Waals surface area (Å²) in [5.74, 6) is 0.863. The lowest BCUT2D eigenvalue weighted by molar-refractivity contribution is 0.198. The van der Waals surface area contributed by atoms with Crippen molar-refractivity contribution in [3.05, 3.63) is 64.8 Å². The number of nitrogens with zero attached hydrogens (tertiary/aromatic N) is 2. The second-order valence-electron chi connectivity index (χ2n) is 5.98. The van der Waals surface area contributed by atoms with E-state index in [0.29, 0.717) is 13.1 Å². The molecule has 3 rings (SSSR count). The number of amides is 2. The van der Waals surface area contributed by atoms with Crippen LogP contribution >= 0.6 is 15.9 Å². The van der Waals surface area contributed by atoms with E-state index in [4.69, 9.17) is 4.74 Å². The Morgan fingerprint density at radius 1 is 1.12 bits per heavy atom. The van der Waals surface area contributed by atoms with E-state index in [2.05, 4.69) is 32.2 Å². The lowest BCUT2D eigenvalue weighted by Gasteiger charge is -2.36. The van der Waals surface area contributed by atoms with Gasteiger partial charge in [0.15, 0.2) is 0 Å². The van der Waals surface area contributed by atoms with Crippen molar-refractivity contribution in [3.63, 3.8) is 0 Å². The van der Waals surface area contributed by atoms with Crippen LogP contribution in [0.5, 0.6) is 5.75 Å². The number of ether oxygens (including phenoxy) is 1. The maximum atomic E-state index is 12.3. The van der Waals surface area contributed by atoms with Crippen molar-refractivity contribution in [1.29, 1.82) is 0 Å². The van der Waals surface area contributed by atoms with Crippen molar-refractivity contribution in [3.8, 4) is 5.75 Å². The van der Waals surface area contributed by atoms with Gasteiger partial charge < -0.3 is 19.9 Å². The van der Waals surface area contributed by atoms with Gasteiger partial charge in [0.2, 0.25) is 0 Å². The molecule has 1 heterocycles. The monoisotopic (exact) mass is 415 g/mol. The van der Waals surface area contributed by atoms with Gasteiger partial charge in [0.25, 0.3) is 0 Å². The molecule has 0 bridgehead atoms. The molecule has 2 aromatic carbocycles. The van der Waals surface area contributed by atoms with Crippen molar-refractivity contribution >= 4 is 33.7 Å². The average Bonchev–Trinajstić information content (AvgIpc) is 2.68. The van der Waals surface area contributed by atoms with Crippen LogP contribution in [0.25, 0.3) is 6.08 Å². The minimum atomic E-state index is -0.0732. The molecule has 1 fully saturated rings. The quantitative estimate of drug-likeness (QED) is 0.821. The summed E-state index contributed by atoms with van der Waals surface area (Å²) in [7, 11) is 1.68. The first-order valence-electron chi connectivity index (χ1n) is 8.53. The standard InChI is InChI=1S/C20H22BrN3O2/c1-26-19-8-3-2-7-18(19)23-11-13-24(14-12-23)20(25)22-10-9-16-5-4-6-17(21)15-16/h2-10,15H,11-14H2,1H3,(H,22,25)/b10-9+. The number of nitrogens with one attached hydrogen (secondary N) is 1. The highest BCUT2D eigenvalue weighted by atomic mass is 79.9. The number of benzene rings is 2. The van der Waals surface area contributed by atoms with Gasteiger partial charge in [-0.3, -0.25) is 0 Å². The number of para-hydroxylation sites is 2. The van der Waals surface area contributed by atoms with E-state index < -0.39 is 0 Å². The molecule has 136 valence electrons. The molecule has 0 aliphatic carbocycles. The highest BCUT2D eigenvalue weighted by Gasteiger charge is 2.22. The highest BCUT2D eigenvalue weighted by Crippen LogP contribution is 2.28. The Bertz CT molecular complexity index is 786. The largest absolute Gasteiger partial charge is 0.495 e. The number of urea groups is 1. The average molecular weight is 416 g/mol. The van der Waals surface area contributed by atoms with E-state index in [9.17, 15) is 4.79 Å². The van der Waals surface area contributed by atoms with Gasteiger partial charge in [-0.25, -0.2) is 4.79 Å². The number of hydrogen-bond acceptors (Lipinski definition) is 3. The molecule has 0 radical (unpaired) electrons. The van der Waals surface area contributed by atoms with E-state index in [1.165, 1.54) is 0 Å². The summed E-state index contributed by atoms with van der Waals surface area (Å²) >= 11 is 3.44. The second-order valence-corrected chi connectivity index (χ2v) is 6.90. The zero-order valence-electron chi connectivity index (χ0n) is 14.7. The number of carbonyl (C=O) groups excluding carboxylic acids is 1. The van der Waals surface area contributed by atoms with Gasteiger partial charge >= 0.3 is 6.03 Å². The molecule has 0 atom stereocenters. The van der Waals surface area contributed by atoms with Crippen LogP contribution < -0.4 is 15.0 Å². The van der Waals surface area contributed by atoms with E-state index in [0.717, 1.165) is 34.6 Å². The van der Waals surface area contributed by atoms with Gasteiger partial charge in [-0.1, -0.05) is 40.2 Å². The molecule has 5 nitrogen and oxygen atoms in total. The minimum Gasteiger partial charge on any atom is -0.495 e. The first-order chi connectivity index (χ1) is 12.7. The Morgan fingerprint density at radius 3 is 2.62 bits per heavy atom. The van der Waals surface area contributed by atoms with Crippen LogP contribution in [0.15, 0.2) is 59.2 Å². The fourth-order valence-corrected chi connectivity index (χ4v) is 3.37. The van der Waals surface area contributed by atoms with Crippen LogP contribution in [0.1, 0.15) is 5.56 Å². The maximum absolute atomic E-state index is 12.3. The van der Waals surface area contributed by atoms with Gasteiger partial charge in [0.05, 0.1) is 12.8 Å². The summed E-state index contributed by atoms with van der Waals surface area (Å²) in [6, 6.07) is 15.8. The smallest absolute Gasteiger partial charge is 0.321 e. The molecule has 0 aromatic heterocycles. The van der Waals surface area contributed by atoms with Gasteiger partial charge in [-0.05, 0) is 35.9 Å². The van der Waals surface area contributed by atoms with Gasteiger partial charge in [0.1, 0.15) is 5.75 Å². The third-order valence-electron chi connectivity index (χ3n) is 4.32. The second kappa shape index (κ2) is 8.76. The van der Waals surface area contributed by atoms with Crippen LogP contribution in [0.2, 0.25) is 0 Å². The van der Waals surface area contributed by atoms with Gasteiger partial charge in [-0.2, -0.15) is 0 Å². The number of carbonyl (C=O) groups is 1. The third-order valence-corrected chi connectivity index (χ3v) is 4.82. The maximum Gasteiger partial charge on any atom is 0.321 e. The minimum absolute atomic E-state index is 0.0732. The molecule has 1 N–H and O–H groups in total. The first-order valence-corrected chi connectivity index (χ1v) is 9.32. The van der Waals surface area contributed by atoms with Crippen LogP contribution in [0.4, 0.5) is 10.5 Å². The van der Waals surface area contributed by atoms with E-state index in [1.54, 1.807) is 13.3 Å². The molecule has 1 aliphatic rings. The van der Waals surface area contributed by atoms with Crippen molar-refractivity contribution < 1.29 is 9.53 Å². The molecule has 1 saturated heterocycles. The Kier molecular flexibility index (Phi) is 6.17. The topological polar surface area (TPSA) is 44.8 Å². The van der Waals surface area contributed by atoms with Crippen LogP contribution in [-0.4, -0.2) is 44.2 Å². The number of methoxy groups -OCH3 is 1. The summed E-state index contributed by atoms with van der Waals surface area (Å²) < 4.78 is 6.44. The SMILES string of the molecule is COc1ccccc1N1CCN(C(=O)N/C=C/c2cccc(Br)c2)CC1. The number of rotatable bonds is 4. The molecule has 0 saturated carbocycles. The van der Waals surface area contributed by atoms with Crippen molar-refractivity contribution in [2.45, 2.75) is 0 Å². The molecule has 0 unspecified atom stereocenters. The van der Waals surface area contributed by atoms with Crippen LogP contribution in [-0.2, 0) is 0 Å². The number of halogens is 1. The highest BCUT2D eigenvalue weighted by molar-refractivity contribution is 9.10. The normalized spacial score (nSPS) is 14.5. The molecule has 2 aromatic rings. The fraction of sp³-hybridized carbons (Fsp3) is 0.250. The third kappa shape index (κ3) is 4.58. The molecule has 2 amide bonds. The van der Waals surface area contributed by atoms with E-state index in [1.807, 2.05) is 53.4 Å². The van der Waals surface area contributed by atoms with Crippen molar-refractivity contribution in [1.82, 2.24) is 10.2 Å². The number of piperazine rings is 1. The van der Waals surface area contributed by atoms with E-state index >= 15 is 0 Å². The van der Waals surface area contributed by atoms with E-state index in [-0.39, 0.29) is 6.03 Å². The molecule has 6 heteroatoms. The molecule has 1 aliphatic heterocycles. The van der Waals surface area contributed by atoms with Crippen molar-refractivity contribution in [2.24, 2.45) is 0 Å². The van der Waals surface area contributed by atoms with Gasteiger partial charge in [-0.15, -0.1) is 0 Å². The molecule has 0 spiro atoms.